The molecule has 2 aromatic rings. The van der Waals surface area contributed by atoms with Crippen LogP contribution in [0.2, 0.25) is 0 Å². The molecule has 29 heavy (non-hydrogen) atoms. The molecule has 6 nitrogen and oxygen atoms in total. The summed E-state index contributed by atoms with van der Waals surface area (Å²) in [4.78, 5) is 16.1. The summed E-state index contributed by atoms with van der Waals surface area (Å²) in [6.45, 7) is 8.92. The van der Waals surface area contributed by atoms with Gasteiger partial charge in [-0.15, -0.1) is 11.3 Å². The summed E-state index contributed by atoms with van der Waals surface area (Å²) in [5, 5.41) is 3.12. The molecule has 7 heteroatoms. The maximum absolute atomic E-state index is 6.27. The number of nitrogens with two attached hydrogens (primary N) is 1. The monoisotopic (exact) mass is 412 g/mol. The molecule has 3 heterocycles. The zero-order chi connectivity index (χ0) is 20.1. The van der Waals surface area contributed by atoms with Crippen molar-refractivity contribution in [1.82, 2.24) is 14.8 Å². The summed E-state index contributed by atoms with van der Waals surface area (Å²) in [7, 11) is 0. The van der Waals surface area contributed by atoms with E-state index in [9.17, 15) is 0 Å². The van der Waals surface area contributed by atoms with E-state index in [4.69, 9.17) is 5.73 Å². The Hall–Kier alpha value is -2.12. The fourth-order valence-corrected chi connectivity index (χ4v) is 4.85. The van der Waals surface area contributed by atoms with Gasteiger partial charge in [0.1, 0.15) is 0 Å². The average Bonchev–Trinajstić information content (AvgIpc) is 3.30. The zero-order valence-electron chi connectivity index (χ0n) is 17.3. The Balaban J connectivity index is 1.26. The summed E-state index contributed by atoms with van der Waals surface area (Å²) >= 11 is 1.69. The quantitative estimate of drug-likeness (QED) is 0.604. The lowest BCUT2D eigenvalue weighted by Crippen LogP contribution is -2.51. The van der Waals surface area contributed by atoms with Crippen molar-refractivity contribution in [1.29, 1.82) is 0 Å². The van der Waals surface area contributed by atoms with Crippen molar-refractivity contribution in [3.05, 3.63) is 47.0 Å². The van der Waals surface area contributed by atoms with Crippen LogP contribution in [-0.4, -0.2) is 59.5 Å². The van der Waals surface area contributed by atoms with E-state index in [1.165, 1.54) is 36.9 Å². The Morgan fingerprint density at radius 1 is 1.10 bits per heavy atom. The maximum atomic E-state index is 6.27. The van der Waals surface area contributed by atoms with Crippen LogP contribution >= 0.6 is 11.3 Å². The lowest BCUT2D eigenvalue weighted by molar-refractivity contribution is 0.152. The number of benzene rings is 1. The largest absolute Gasteiger partial charge is 0.370 e. The fourth-order valence-electron chi connectivity index (χ4n) is 4.15. The maximum Gasteiger partial charge on any atom is 0.191 e. The fraction of sp³-hybridized carbons (Fsp3) is 0.545. The summed E-state index contributed by atoms with van der Waals surface area (Å²) in [6.07, 6.45) is 5.88. The number of rotatable bonds is 5. The first-order valence-corrected chi connectivity index (χ1v) is 11.6. The van der Waals surface area contributed by atoms with Crippen LogP contribution in [0, 0.1) is 0 Å². The molecule has 156 valence electrons. The highest BCUT2D eigenvalue weighted by Crippen LogP contribution is 2.20. The molecule has 2 N–H and O–H groups in total. The first-order chi connectivity index (χ1) is 14.2. The third kappa shape index (κ3) is 5.28. The van der Waals surface area contributed by atoms with Gasteiger partial charge in [-0.3, -0.25) is 4.90 Å². The van der Waals surface area contributed by atoms with Gasteiger partial charge in [-0.05, 0) is 37.4 Å². The molecule has 0 radical (unpaired) electrons. The van der Waals surface area contributed by atoms with Gasteiger partial charge < -0.3 is 15.5 Å². The minimum atomic E-state index is 0.638. The molecule has 2 aliphatic rings. The molecule has 4 rings (SSSR count). The number of piperidine rings is 1. The van der Waals surface area contributed by atoms with Crippen LogP contribution in [0.1, 0.15) is 37.3 Å². The lowest BCUT2D eigenvalue weighted by Gasteiger charge is -2.35. The zero-order valence-corrected chi connectivity index (χ0v) is 18.2. The van der Waals surface area contributed by atoms with Crippen molar-refractivity contribution in [3.63, 3.8) is 0 Å². The highest BCUT2D eigenvalue weighted by molar-refractivity contribution is 7.13. The van der Waals surface area contributed by atoms with E-state index in [-0.39, 0.29) is 0 Å². The molecular formula is C22H32N6S. The van der Waals surface area contributed by atoms with Crippen LogP contribution in [-0.2, 0) is 13.1 Å². The summed E-state index contributed by atoms with van der Waals surface area (Å²) in [5.41, 5.74) is 8.87. The van der Waals surface area contributed by atoms with E-state index >= 15 is 0 Å². The number of nitrogens with zero attached hydrogens (tertiary/aromatic N) is 5. The molecule has 1 atom stereocenters. The first-order valence-electron chi connectivity index (χ1n) is 10.7. The highest BCUT2D eigenvalue weighted by atomic mass is 32.1. The van der Waals surface area contributed by atoms with Gasteiger partial charge in [-0.25, -0.2) is 9.98 Å². The van der Waals surface area contributed by atoms with Crippen molar-refractivity contribution in [2.24, 2.45) is 10.7 Å². The third-order valence-electron chi connectivity index (χ3n) is 6.07. The van der Waals surface area contributed by atoms with Crippen LogP contribution in [0.15, 0.2) is 40.8 Å². The minimum absolute atomic E-state index is 0.638. The second-order valence-electron chi connectivity index (χ2n) is 8.09. The van der Waals surface area contributed by atoms with E-state index in [2.05, 4.69) is 55.9 Å². The Bertz CT molecular complexity index is 780. The van der Waals surface area contributed by atoms with E-state index < -0.39 is 0 Å². The van der Waals surface area contributed by atoms with E-state index in [0.717, 1.165) is 37.9 Å². The van der Waals surface area contributed by atoms with Gasteiger partial charge in [0.2, 0.25) is 0 Å². The van der Waals surface area contributed by atoms with Gasteiger partial charge in [-0.1, -0.05) is 30.7 Å². The summed E-state index contributed by atoms with van der Waals surface area (Å²) in [5.74, 6) is 0.648. The average molecular weight is 413 g/mol. The number of likely N-dealkylation sites (tertiary alicyclic amines) is 1. The van der Waals surface area contributed by atoms with Gasteiger partial charge >= 0.3 is 0 Å². The van der Waals surface area contributed by atoms with Gasteiger partial charge in [0, 0.05) is 50.3 Å². The number of aliphatic imine (C=N–C) groups is 1. The van der Waals surface area contributed by atoms with Crippen LogP contribution in [0.5, 0.6) is 0 Å². The molecule has 2 saturated heterocycles. The Morgan fingerprint density at radius 3 is 2.55 bits per heavy atom. The molecule has 1 unspecified atom stereocenters. The number of hydrogen-bond donors (Lipinski definition) is 1. The normalized spacial score (nSPS) is 21.6. The molecule has 0 aliphatic carbocycles. The molecule has 2 fully saturated rings. The molecule has 1 aromatic carbocycles. The number of guanidine groups is 1. The number of thiazole rings is 1. The summed E-state index contributed by atoms with van der Waals surface area (Å²) in [6, 6.07) is 9.58. The number of hydrogen-bond acceptors (Lipinski definition) is 5. The predicted molar refractivity (Wildman–Crippen MR) is 121 cm³/mol. The van der Waals surface area contributed by atoms with Crippen LogP contribution in [0.4, 0.5) is 5.13 Å². The SMILES string of the molecule is CC1CCCCN1Cc1ccc(CN=C(N)N2CCN(c3nccs3)CC2)cc1. The number of aromatic nitrogens is 1. The molecule has 2 aliphatic heterocycles. The molecule has 0 amide bonds. The number of piperazine rings is 1. The molecule has 1 aromatic heterocycles. The van der Waals surface area contributed by atoms with E-state index in [1.807, 2.05) is 11.6 Å². The second-order valence-corrected chi connectivity index (χ2v) is 8.97. The summed E-state index contributed by atoms with van der Waals surface area (Å²) < 4.78 is 0. The highest BCUT2D eigenvalue weighted by Gasteiger charge is 2.20. The van der Waals surface area contributed by atoms with Gasteiger partial charge in [0.05, 0.1) is 6.54 Å². The van der Waals surface area contributed by atoms with E-state index in [1.54, 1.807) is 11.3 Å². The Kier molecular flexibility index (Phi) is 6.67. The van der Waals surface area contributed by atoms with Crippen molar-refractivity contribution in [2.45, 2.75) is 45.3 Å². The predicted octanol–water partition coefficient (Wildman–Crippen LogP) is 3.15. The first kappa shape index (κ1) is 20.2. The van der Waals surface area contributed by atoms with E-state index in [0.29, 0.717) is 18.5 Å². The number of anilines is 1. The van der Waals surface area contributed by atoms with Crippen molar-refractivity contribution in [2.75, 3.05) is 37.6 Å². The third-order valence-corrected chi connectivity index (χ3v) is 6.90. The smallest absolute Gasteiger partial charge is 0.191 e. The van der Waals surface area contributed by atoms with Crippen molar-refractivity contribution < 1.29 is 0 Å². The Morgan fingerprint density at radius 2 is 1.86 bits per heavy atom. The molecule has 0 spiro atoms. The second kappa shape index (κ2) is 9.59. The van der Waals surface area contributed by atoms with Crippen LogP contribution in [0.3, 0.4) is 0 Å². The van der Waals surface area contributed by atoms with Gasteiger partial charge in [-0.2, -0.15) is 0 Å². The van der Waals surface area contributed by atoms with Crippen molar-refractivity contribution in [3.8, 4) is 0 Å². The molecule has 0 saturated carbocycles. The minimum Gasteiger partial charge on any atom is -0.370 e. The van der Waals surface area contributed by atoms with Crippen LogP contribution < -0.4 is 10.6 Å². The topological polar surface area (TPSA) is 61.0 Å². The van der Waals surface area contributed by atoms with Crippen molar-refractivity contribution >= 4 is 22.4 Å². The lowest BCUT2D eigenvalue weighted by atomic mass is 10.0. The molecular weight excluding hydrogens is 380 g/mol. The van der Waals surface area contributed by atoms with Crippen LogP contribution in [0.25, 0.3) is 0 Å². The molecule has 0 bridgehead atoms. The standard InChI is InChI=1S/C22H32N6S/c1-18-4-2-3-10-28(18)17-20-7-5-19(6-8-20)16-25-21(23)26-11-13-27(14-12-26)22-24-9-15-29-22/h5-9,15,18H,2-4,10-14,16-17H2,1H3,(H2,23,25). The van der Waals surface area contributed by atoms with Gasteiger partial charge in [0.15, 0.2) is 11.1 Å². The van der Waals surface area contributed by atoms with Gasteiger partial charge in [0.25, 0.3) is 0 Å². The Labute approximate surface area is 178 Å².